The molecule has 0 spiro atoms. The van der Waals surface area contributed by atoms with Gasteiger partial charge in [-0.05, 0) is 79.2 Å². The molecule has 0 aliphatic heterocycles. The topological polar surface area (TPSA) is 66.9 Å². The fourth-order valence-electron chi connectivity index (χ4n) is 3.87. The lowest BCUT2D eigenvalue weighted by molar-refractivity contribution is 0.242. The van der Waals surface area contributed by atoms with Gasteiger partial charge in [0.25, 0.3) is 0 Å². The number of aryl methyl sites for hydroxylation is 1. The van der Waals surface area contributed by atoms with Crippen molar-refractivity contribution in [3.8, 4) is 11.1 Å². The molecule has 2 aromatic carbocycles. The van der Waals surface area contributed by atoms with Gasteiger partial charge in [0.2, 0.25) is 5.95 Å². The van der Waals surface area contributed by atoms with Crippen molar-refractivity contribution in [2.24, 2.45) is 0 Å². The Balaban J connectivity index is 1.68. The molecule has 4 rings (SSSR count). The number of halogens is 3. The van der Waals surface area contributed by atoms with Crippen molar-refractivity contribution < 1.29 is 18.0 Å². The van der Waals surface area contributed by atoms with E-state index in [4.69, 9.17) is 0 Å². The summed E-state index contributed by atoms with van der Waals surface area (Å²) in [5, 5.41) is 2.87. The molecule has 0 aliphatic carbocycles. The highest BCUT2D eigenvalue weighted by Crippen LogP contribution is 2.31. The summed E-state index contributed by atoms with van der Waals surface area (Å²) in [4.78, 5) is 21.9. The van der Waals surface area contributed by atoms with Crippen LogP contribution in [-0.4, -0.2) is 16.0 Å². The lowest BCUT2D eigenvalue weighted by Crippen LogP contribution is -2.36. The molecule has 1 atom stereocenters. The van der Waals surface area contributed by atoms with E-state index in [0.717, 1.165) is 28.5 Å². The number of nitrogens with zero attached hydrogens (tertiary/aromatic N) is 2. The maximum Gasteiger partial charge on any atom is 0.325 e. The number of rotatable bonds is 7. The number of nitrogens with one attached hydrogen (secondary N) is 2. The van der Waals surface area contributed by atoms with Crippen molar-refractivity contribution in [2.75, 3.05) is 0 Å². The SMILES string of the molecule is Cc1ccccc1SNC(=O)NC(Cc1cc(F)cc(F)c1)c1ncccc1-c1ccnc(F)c1C. The molecule has 36 heavy (non-hydrogen) atoms. The van der Waals surface area contributed by atoms with E-state index in [1.807, 2.05) is 31.2 Å². The zero-order valence-electron chi connectivity index (χ0n) is 19.6. The Morgan fingerprint density at radius 2 is 1.67 bits per heavy atom. The molecule has 0 saturated carbocycles. The fraction of sp³-hybridized carbons (Fsp3) is 0.148. The van der Waals surface area contributed by atoms with Gasteiger partial charge < -0.3 is 5.32 Å². The standard InChI is InChI=1S/C27H23F3N4OS/c1-16-6-3-4-8-24(16)36-34-27(35)33-23(14-18-12-19(28)15-20(29)13-18)25-22(7-5-10-31-25)21-9-11-32-26(30)17(21)2/h3-13,15,23H,14H2,1-2H3,(H2,33,34,35). The molecule has 0 aliphatic rings. The van der Waals surface area contributed by atoms with Gasteiger partial charge in [-0.15, -0.1) is 0 Å². The van der Waals surface area contributed by atoms with Gasteiger partial charge in [-0.3, -0.25) is 9.71 Å². The molecule has 1 unspecified atom stereocenters. The van der Waals surface area contributed by atoms with Gasteiger partial charge in [0.1, 0.15) is 11.6 Å². The van der Waals surface area contributed by atoms with Crippen LogP contribution in [0.25, 0.3) is 11.1 Å². The zero-order valence-corrected chi connectivity index (χ0v) is 20.4. The summed E-state index contributed by atoms with van der Waals surface area (Å²) in [7, 11) is 0. The minimum absolute atomic E-state index is 0.0494. The molecular formula is C27H23F3N4OS. The predicted molar refractivity (Wildman–Crippen MR) is 134 cm³/mol. The summed E-state index contributed by atoms with van der Waals surface area (Å²) in [6, 6.07) is 14.6. The van der Waals surface area contributed by atoms with Crippen LogP contribution in [0.2, 0.25) is 0 Å². The molecule has 2 aromatic heterocycles. The van der Waals surface area contributed by atoms with Gasteiger partial charge in [-0.2, -0.15) is 4.39 Å². The minimum Gasteiger partial charge on any atom is -0.329 e. The van der Waals surface area contributed by atoms with E-state index in [0.29, 0.717) is 27.9 Å². The zero-order chi connectivity index (χ0) is 25.7. The van der Waals surface area contributed by atoms with Crippen molar-refractivity contribution in [1.82, 2.24) is 20.0 Å². The van der Waals surface area contributed by atoms with E-state index in [-0.39, 0.29) is 6.42 Å². The van der Waals surface area contributed by atoms with E-state index in [1.54, 1.807) is 31.3 Å². The molecule has 2 heterocycles. The van der Waals surface area contributed by atoms with Crippen LogP contribution in [0.15, 0.2) is 78.0 Å². The normalized spacial score (nSPS) is 11.7. The molecule has 184 valence electrons. The van der Waals surface area contributed by atoms with Gasteiger partial charge in [-0.25, -0.2) is 18.6 Å². The number of aromatic nitrogens is 2. The lowest BCUT2D eigenvalue weighted by Gasteiger charge is -2.22. The van der Waals surface area contributed by atoms with Crippen LogP contribution in [0.1, 0.15) is 28.4 Å². The van der Waals surface area contributed by atoms with Gasteiger partial charge in [0, 0.05) is 34.5 Å². The van der Waals surface area contributed by atoms with Crippen LogP contribution in [-0.2, 0) is 6.42 Å². The number of carbonyl (C=O) groups is 1. The first-order valence-corrected chi connectivity index (χ1v) is 11.9. The predicted octanol–water partition coefficient (Wildman–Crippen LogP) is 6.47. The number of urea groups is 1. The Kier molecular flexibility index (Phi) is 7.90. The van der Waals surface area contributed by atoms with E-state index in [2.05, 4.69) is 20.0 Å². The number of hydrogen-bond donors (Lipinski definition) is 2. The van der Waals surface area contributed by atoms with E-state index >= 15 is 0 Å². The summed E-state index contributed by atoms with van der Waals surface area (Å²) in [6.45, 7) is 3.53. The highest BCUT2D eigenvalue weighted by atomic mass is 32.2. The molecule has 0 bridgehead atoms. The number of pyridine rings is 2. The molecule has 2 amide bonds. The average Bonchev–Trinajstić information content (AvgIpc) is 2.84. The highest BCUT2D eigenvalue weighted by Gasteiger charge is 2.23. The van der Waals surface area contributed by atoms with E-state index < -0.39 is 29.7 Å². The molecule has 0 saturated heterocycles. The Morgan fingerprint density at radius 3 is 2.42 bits per heavy atom. The van der Waals surface area contributed by atoms with E-state index in [9.17, 15) is 18.0 Å². The van der Waals surface area contributed by atoms with Crippen LogP contribution in [0.3, 0.4) is 0 Å². The van der Waals surface area contributed by atoms with Crippen LogP contribution >= 0.6 is 11.9 Å². The second-order valence-corrected chi connectivity index (χ2v) is 9.04. The number of hydrogen-bond acceptors (Lipinski definition) is 4. The van der Waals surface area contributed by atoms with Crippen LogP contribution in [0.5, 0.6) is 0 Å². The second kappa shape index (κ2) is 11.3. The molecule has 5 nitrogen and oxygen atoms in total. The van der Waals surface area contributed by atoms with Crippen LogP contribution in [0, 0.1) is 31.4 Å². The van der Waals surface area contributed by atoms with Crippen LogP contribution in [0.4, 0.5) is 18.0 Å². The summed E-state index contributed by atoms with van der Waals surface area (Å²) in [5.41, 5.74) is 3.20. The van der Waals surface area contributed by atoms with Crippen molar-refractivity contribution in [3.05, 3.63) is 113 Å². The average molecular weight is 509 g/mol. The monoisotopic (exact) mass is 508 g/mol. The van der Waals surface area contributed by atoms with Gasteiger partial charge in [-0.1, -0.05) is 24.3 Å². The van der Waals surface area contributed by atoms with Crippen molar-refractivity contribution in [3.63, 3.8) is 0 Å². The quantitative estimate of drug-likeness (QED) is 0.222. The minimum atomic E-state index is -0.782. The highest BCUT2D eigenvalue weighted by molar-refractivity contribution is 7.98. The summed E-state index contributed by atoms with van der Waals surface area (Å²) in [5.74, 6) is -2.07. The smallest absolute Gasteiger partial charge is 0.325 e. The molecule has 0 fully saturated rings. The first-order chi connectivity index (χ1) is 17.3. The van der Waals surface area contributed by atoms with Gasteiger partial charge in [0.05, 0.1) is 11.7 Å². The maximum atomic E-state index is 14.2. The van der Waals surface area contributed by atoms with Gasteiger partial charge >= 0.3 is 6.03 Å². The molecular weight excluding hydrogens is 485 g/mol. The lowest BCUT2D eigenvalue weighted by atomic mass is 9.94. The molecule has 2 N–H and O–H groups in total. The van der Waals surface area contributed by atoms with Crippen molar-refractivity contribution in [1.29, 1.82) is 0 Å². The molecule has 0 radical (unpaired) electrons. The molecule has 4 aromatic rings. The largest absolute Gasteiger partial charge is 0.329 e. The third-order valence-corrected chi connectivity index (χ3v) is 6.58. The Labute approximate surface area is 211 Å². The fourth-order valence-corrected chi connectivity index (χ4v) is 4.50. The summed E-state index contributed by atoms with van der Waals surface area (Å²) >= 11 is 1.15. The number of amides is 2. The second-order valence-electron chi connectivity index (χ2n) is 8.19. The first-order valence-electron chi connectivity index (χ1n) is 11.1. The third kappa shape index (κ3) is 6.04. The van der Waals surface area contributed by atoms with Crippen molar-refractivity contribution >= 4 is 18.0 Å². The molecule has 9 heteroatoms. The Bertz CT molecular complexity index is 1380. The van der Waals surface area contributed by atoms with Crippen LogP contribution < -0.4 is 10.0 Å². The maximum absolute atomic E-state index is 14.2. The Morgan fingerprint density at radius 1 is 0.917 bits per heavy atom. The first kappa shape index (κ1) is 25.2. The van der Waals surface area contributed by atoms with E-state index in [1.165, 1.54) is 18.3 Å². The third-order valence-electron chi connectivity index (χ3n) is 5.62. The number of benzene rings is 2. The summed E-state index contributed by atoms with van der Waals surface area (Å²) < 4.78 is 44.8. The van der Waals surface area contributed by atoms with Gasteiger partial charge in [0.15, 0.2) is 0 Å². The number of carbonyl (C=O) groups excluding carboxylic acids is 1. The Hall–Kier alpha value is -3.85. The summed E-state index contributed by atoms with van der Waals surface area (Å²) in [6.07, 6.45) is 2.95. The van der Waals surface area contributed by atoms with Crippen molar-refractivity contribution in [2.45, 2.75) is 31.2 Å².